The van der Waals surface area contributed by atoms with E-state index in [0.29, 0.717) is 6.67 Å². The van der Waals surface area contributed by atoms with Gasteiger partial charge in [-0.3, -0.25) is 9.69 Å². The average molecular weight is 391 g/mol. The Morgan fingerprint density at radius 2 is 2.00 bits per heavy atom. The fourth-order valence-corrected chi connectivity index (χ4v) is 3.55. The van der Waals surface area contributed by atoms with Crippen LogP contribution >= 0.6 is 0 Å². The Balaban J connectivity index is 1.36. The number of hydrogen-bond donors (Lipinski definition) is 2. The SMILES string of the molecule is Cc1cc(CC(=O)NCN2CCNCC2c2ncccn2)nn1-c1ccccc1. The number of carbonyl (C=O) groups is 1. The highest BCUT2D eigenvalue weighted by Gasteiger charge is 2.26. The van der Waals surface area contributed by atoms with Gasteiger partial charge in [0, 0.05) is 37.7 Å². The van der Waals surface area contributed by atoms with E-state index < -0.39 is 0 Å². The molecular formula is C21H25N7O. The number of piperazine rings is 1. The van der Waals surface area contributed by atoms with Gasteiger partial charge < -0.3 is 10.6 Å². The summed E-state index contributed by atoms with van der Waals surface area (Å²) in [6.07, 6.45) is 3.75. The van der Waals surface area contributed by atoms with Crippen LogP contribution in [0.15, 0.2) is 54.9 Å². The summed E-state index contributed by atoms with van der Waals surface area (Å²) in [6, 6.07) is 13.7. The van der Waals surface area contributed by atoms with Gasteiger partial charge in [-0.25, -0.2) is 14.6 Å². The number of rotatable bonds is 6. The van der Waals surface area contributed by atoms with Gasteiger partial charge in [0.25, 0.3) is 0 Å². The summed E-state index contributed by atoms with van der Waals surface area (Å²) in [5.41, 5.74) is 2.75. The summed E-state index contributed by atoms with van der Waals surface area (Å²) >= 11 is 0. The van der Waals surface area contributed by atoms with Gasteiger partial charge in [0.1, 0.15) is 5.82 Å². The van der Waals surface area contributed by atoms with Crippen LogP contribution in [0, 0.1) is 6.92 Å². The summed E-state index contributed by atoms with van der Waals surface area (Å²) in [5.74, 6) is 0.722. The highest BCUT2D eigenvalue weighted by atomic mass is 16.1. The summed E-state index contributed by atoms with van der Waals surface area (Å²) in [4.78, 5) is 23.5. The van der Waals surface area contributed by atoms with E-state index in [2.05, 4.69) is 30.6 Å². The average Bonchev–Trinajstić information content (AvgIpc) is 3.13. The molecule has 0 saturated carbocycles. The minimum atomic E-state index is -0.0472. The summed E-state index contributed by atoms with van der Waals surface area (Å²) < 4.78 is 1.86. The minimum Gasteiger partial charge on any atom is -0.343 e. The number of hydrogen-bond acceptors (Lipinski definition) is 6. The first-order valence-corrected chi connectivity index (χ1v) is 9.80. The Morgan fingerprint density at radius 1 is 1.21 bits per heavy atom. The Labute approximate surface area is 170 Å². The molecule has 8 heteroatoms. The zero-order valence-electron chi connectivity index (χ0n) is 16.5. The number of nitrogens with one attached hydrogen (secondary N) is 2. The molecule has 1 unspecified atom stereocenters. The quantitative estimate of drug-likeness (QED) is 0.657. The molecule has 1 fully saturated rings. The maximum Gasteiger partial charge on any atom is 0.227 e. The molecule has 0 bridgehead atoms. The summed E-state index contributed by atoms with van der Waals surface area (Å²) in [5, 5.41) is 11.0. The first-order chi connectivity index (χ1) is 14.2. The van der Waals surface area contributed by atoms with Gasteiger partial charge in [0.2, 0.25) is 5.91 Å². The molecule has 1 saturated heterocycles. The van der Waals surface area contributed by atoms with E-state index in [0.717, 1.165) is 42.5 Å². The van der Waals surface area contributed by atoms with E-state index in [4.69, 9.17) is 0 Å². The van der Waals surface area contributed by atoms with E-state index in [1.165, 1.54) is 0 Å². The van der Waals surface area contributed by atoms with E-state index in [1.54, 1.807) is 12.4 Å². The molecule has 3 aromatic rings. The first kappa shape index (κ1) is 19.2. The molecule has 0 aliphatic carbocycles. The maximum absolute atomic E-state index is 12.5. The highest BCUT2D eigenvalue weighted by molar-refractivity contribution is 5.78. The predicted molar refractivity (Wildman–Crippen MR) is 109 cm³/mol. The van der Waals surface area contributed by atoms with E-state index in [-0.39, 0.29) is 18.4 Å². The molecule has 0 radical (unpaired) electrons. The molecule has 2 aromatic heterocycles. The zero-order valence-corrected chi connectivity index (χ0v) is 16.5. The number of benzene rings is 1. The smallest absolute Gasteiger partial charge is 0.227 e. The lowest BCUT2D eigenvalue weighted by Crippen LogP contribution is -2.50. The number of amides is 1. The summed E-state index contributed by atoms with van der Waals surface area (Å²) in [7, 11) is 0. The lowest BCUT2D eigenvalue weighted by Gasteiger charge is -2.34. The van der Waals surface area contributed by atoms with Crippen LogP contribution in [0.5, 0.6) is 0 Å². The molecule has 1 aliphatic heterocycles. The molecule has 1 aliphatic rings. The Hall–Kier alpha value is -3.10. The Bertz CT molecular complexity index is 942. The Kier molecular flexibility index (Phi) is 5.92. The van der Waals surface area contributed by atoms with Crippen LogP contribution in [0.3, 0.4) is 0 Å². The van der Waals surface area contributed by atoms with Crippen LogP contribution in [-0.2, 0) is 11.2 Å². The second kappa shape index (κ2) is 8.93. The number of nitrogens with zero attached hydrogens (tertiary/aromatic N) is 5. The lowest BCUT2D eigenvalue weighted by molar-refractivity contribution is -0.121. The second-order valence-corrected chi connectivity index (χ2v) is 7.10. The molecular weight excluding hydrogens is 366 g/mol. The van der Waals surface area contributed by atoms with Gasteiger partial charge in [0.15, 0.2) is 0 Å². The van der Waals surface area contributed by atoms with Crippen molar-refractivity contribution in [3.05, 3.63) is 72.1 Å². The largest absolute Gasteiger partial charge is 0.343 e. The van der Waals surface area contributed by atoms with Gasteiger partial charge >= 0.3 is 0 Å². The number of carbonyl (C=O) groups excluding carboxylic acids is 1. The maximum atomic E-state index is 12.5. The lowest BCUT2D eigenvalue weighted by atomic mass is 10.2. The van der Waals surface area contributed by atoms with Crippen molar-refractivity contribution in [3.8, 4) is 5.69 Å². The summed E-state index contributed by atoms with van der Waals surface area (Å²) in [6.45, 7) is 4.92. The fourth-order valence-electron chi connectivity index (χ4n) is 3.55. The van der Waals surface area contributed by atoms with Crippen molar-refractivity contribution < 1.29 is 4.79 Å². The van der Waals surface area contributed by atoms with Crippen molar-refractivity contribution in [1.82, 2.24) is 35.3 Å². The van der Waals surface area contributed by atoms with Gasteiger partial charge in [-0.15, -0.1) is 0 Å². The molecule has 4 rings (SSSR count). The van der Waals surface area contributed by atoms with Crippen LogP contribution in [0.2, 0.25) is 0 Å². The second-order valence-electron chi connectivity index (χ2n) is 7.10. The zero-order chi connectivity index (χ0) is 20.1. The molecule has 29 heavy (non-hydrogen) atoms. The third-order valence-electron chi connectivity index (χ3n) is 5.00. The number of aryl methyl sites for hydroxylation is 1. The van der Waals surface area contributed by atoms with E-state index >= 15 is 0 Å². The number of para-hydroxylation sites is 1. The molecule has 1 amide bonds. The van der Waals surface area contributed by atoms with Crippen LogP contribution in [0.25, 0.3) is 5.69 Å². The van der Waals surface area contributed by atoms with Crippen LogP contribution in [0.1, 0.15) is 23.3 Å². The van der Waals surface area contributed by atoms with Crippen LogP contribution < -0.4 is 10.6 Å². The molecule has 0 spiro atoms. The molecule has 3 heterocycles. The van der Waals surface area contributed by atoms with Crippen molar-refractivity contribution in [2.45, 2.75) is 19.4 Å². The molecule has 1 atom stereocenters. The van der Waals surface area contributed by atoms with Crippen molar-refractivity contribution in [2.24, 2.45) is 0 Å². The van der Waals surface area contributed by atoms with Crippen LogP contribution in [-0.4, -0.2) is 56.9 Å². The van der Waals surface area contributed by atoms with Crippen molar-refractivity contribution in [2.75, 3.05) is 26.3 Å². The van der Waals surface area contributed by atoms with Crippen molar-refractivity contribution in [1.29, 1.82) is 0 Å². The fraction of sp³-hybridized carbons (Fsp3) is 0.333. The standard InChI is InChI=1S/C21H25N7O/c1-16-12-17(26-28(16)18-6-3-2-4-7-18)13-20(29)25-15-27-11-10-22-14-19(27)21-23-8-5-9-24-21/h2-9,12,19,22H,10-11,13-15H2,1H3,(H,25,29). The van der Waals surface area contributed by atoms with Gasteiger partial charge in [0.05, 0.1) is 30.5 Å². The molecule has 2 N–H and O–H groups in total. The topological polar surface area (TPSA) is 88.0 Å². The minimum absolute atomic E-state index is 0.0461. The highest BCUT2D eigenvalue weighted by Crippen LogP contribution is 2.17. The van der Waals surface area contributed by atoms with Gasteiger partial charge in [-0.1, -0.05) is 18.2 Å². The van der Waals surface area contributed by atoms with E-state index in [9.17, 15) is 4.79 Å². The monoisotopic (exact) mass is 391 g/mol. The van der Waals surface area contributed by atoms with Crippen molar-refractivity contribution >= 4 is 5.91 Å². The Morgan fingerprint density at radius 3 is 2.79 bits per heavy atom. The third-order valence-corrected chi connectivity index (χ3v) is 5.00. The predicted octanol–water partition coefficient (Wildman–Crippen LogP) is 1.23. The van der Waals surface area contributed by atoms with Crippen molar-refractivity contribution in [3.63, 3.8) is 0 Å². The van der Waals surface area contributed by atoms with E-state index in [1.807, 2.05) is 54.1 Å². The normalized spacial score (nSPS) is 17.2. The third kappa shape index (κ3) is 4.67. The van der Waals surface area contributed by atoms with Gasteiger partial charge in [-0.05, 0) is 31.2 Å². The molecule has 150 valence electrons. The van der Waals surface area contributed by atoms with Crippen LogP contribution in [0.4, 0.5) is 0 Å². The van der Waals surface area contributed by atoms with Gasteiger partial charge in [-0.2, -0.15) is 5.10 Å². The molecule has 8 nitrogen and oxygen atoms in total. The first-order valence-electron chi connectivity index (χ1n) is 9.80. The number of aromatic nitrogens is 4. The molecule has 1 aromatic carbocycles.